The van der Waals surface area contributed by atoms with E-state index in [1.165, 1.54) is 26.4 Å². The average Bonchev–Trinajstić information content (AvgIpc) is 2.66. The van der Waals surface area contributed by atoms with Gasteiger partial charge in [-0.25, -0.2) is 0 Å². The maximum atomic E-state index is 11.8. The van der Waals surface area contributed by atoms with Gasteiger partial charge in [-0.2, -0.15) is 0 Å². The first-order chi connectivity index (χ1) is 8.58. The first-order valence-corrected chi connectivity index (χ1v) is 7.15. The number of nitrogens with two attached hydrogens (primary N) is 1. The number of carbonyl (C=O) groups excluding carboxylic acids is 1. The van der Waals surface area contributed by atoms with Crippen molar-refractivity contribution >= 4 is 5.97 Å². The monoisotopic (exact) mass is 254 g/mol. The fourth-order valence-electron chi connectivity index (χ4n) is 3.33. The number of hydrogen-bond acceptors (Lipinski definition) is 4. The summed E-state index contributed by atoms with van der Waals surface area (Å²) in [6, 6.07) is 0.761. The first kappa shape index (κ1) is 13.8. The minimum absolute atomic E-state index is 0.226. The zero-order chi connectivity index (χ0) is 13.2. The fraction of sp³-hybridized carbons (Fsp3) is 0.929. The summed E-state index contributed by atoms with van der Waals surface area (Å²) in [6.45, 7) is 1.05. The molecule has 18 heavy (non-hydrogen) atoms. The van der Waals surface area contributed by atoms with Crippen molar-refractivity contribution in [2.45, 2.75) is 56.5 Å². The summed E-state index contributed by atoms with van der Waals surface area (Å²) in [6.07, 6.45) is 7.91. The molecule has 2 N–H and O–H groups in total. The number of esters is 1. The first-order valence-electron chi connectivity index (χ1n) is 7.15. The molecule has 4 heteroatoms. The Bertz CT molecular complexity index is 304. The molecule has 0 saturated heterocycles. The number of rotatable bonds is 5. The summed E-state index contributed by atoms with van der Waals surface area (Å²) in [5.41, 5.74) is 5.55. The third-order valence-corrected chi connectivity index (χ3v) is 4.97. The highest BCUT2D eigenvalue weighted by atomic mass is 16.5. The van der Waals surface area contributed by atoms with Crippen molar-refractivity contribution in [1.29, 1.82) is 0 Å². The summed E-state index contributed by atoms with van der Waals surface area (Å²) in [4.78, 5) is 14.3. The van der Waals surface area contributed by atoms with E-state index in [1.54, 1.807) is 0 Å². The van der Waals surface area contributed by atoms with Gasteiger partial charge in [0, 0.05) is 6.04 Å². The maximum Gasteiger partial charge on any atom is 0.326 e. The summed E-state index contributed by atoms with van der Waals surface area (Å²) in [5, 5.41) is 0. The normalized spacial score (nSPS) is 32.6. The molecule has 2 rings (SSSR count). The van der Waals surface area contributed by atoms with Crippen molar-refractivity contribution < 1.29 is 9.53 Å². The zero-order valence-corrected chi connectivity index (χ0v) is 11.7. The van der Waals surface area contributed by atoms with E-state index in [1.807, 2.05) is 0 Å². The Kier molecular flexibility index (Phi) is 4.28. The molecular formula is C14H26N2O2. The molecule has 4 nitrogen and oxygen atoms in total. The van der Waals surface area contributed by atoms with Gasteiger partial charge in [0.15, 0.2) is 0 Å². The number of hydrogen-bond donors (Lipinski definition) is 1. The Morgan fingerprint density at radius 1 is 1.39 bits per heavy atom. The molecule has 0 bridgehead atoms. The molecule has 2 aliphatic rings. The fourth-order valence-corrected chi connectivity index (χ4v) is 3.33. The minimum Gasteiger partial charge on any atom is -0.468 e. The van der Waals surface area contributed by atoms with Gasteiger partial charge in [-0.3, -0.25) is 4.79 Å². The van der Waals surface area contributed by atoms with Crippen LogP contribution in [0.3, 0.4) is 0 Å². The SMILES string of the molecule is COC(=O)C1(N)CCCC1CCN(C)C1CCC1. The standard InChI is InChI=1S/C14H26N2O2/c1-16(12-6-3-7-12)10-8-11-5-4-9-14(11,15)13(17)18-2/h11-12H,3-10,15H2,1-2H3. The van der Waals surface area contributed by atoms with E-state index in [0.717, 1.165) is 38.3 Å². The highest BCUT2D eigenvalue weighted by molar-refractivity contribution is 5.81. The number of carbonyl (C=O) groups is 1. The topological polar surface area (TPSA) is 55.6 Å². The van der Waals surface area contributed by atoms with E-state index in [-0.39, 0.29) is 11.9 Å². The zero-order valence-electron chi connectivity index (χ0n) is 11.7. The van der Waals surface area contributed by atoms with E-state index < -0.39 is 5.54 Å². The number of nitrogens with zero attached hydrogens (tertiary/aromatic N) is 1. The molecule has 0 spiro atoms. The van der Waals surface area contributed by atoms with Gasteiger partial charge < -0.3 is 15.4 Å². The van der Waals surface area contributed by atoms with Crippen LogP contribution >= 0.6 is 0 Å². The summed E-state index contributed by atoms with van der Waals surface area (Å²) in [5.74, 6) is 0.0590. The van der Waals surface area contributed by atoms with Crippen molar-refractivity contribution in [2.75, 3.05) is 20.7 Å². The van der Waals surface area contributed by atoms with Crippen LogP contribution < -0.4 is 5.73 Å². The predicted octanol–water partition coefficient (Wildman–Crippen LogP) is 1.53. The van der Waals surface area contributed by atoms with Gasteiger partial charge in [-0.1, -0.05) is 12.8 Å². The molecule has 0 aromatic heterocycles. The van der Waals surface area contributed by atoms with Crippen LogP contribution in [0.1, 0.15) is 44.9 Å². The average molecular weight is 254 g/mol. The molecule has 2 atom stereocenters. The molecule has 0 aliphatic heterocycles. The van der Waals surface area contributed by atoms with Gasteiger partial charge in [-0.15, -0.1) is 0 Å². The Morgan fingerprint density at radius 2 is 2.11 bits per heavy atom. The number of ether oxygens (including phenoxy) is 1. The van der Waals surface area contributed by atoms with E-state index in [9.17, 15) is 4.79 Å². The highest BCUT2D eigenvalue weighted by Crippen LogP contribution is 2.37. The van der Waals surface area contributed by atoms with Crippen LogP contribution in [0.2, 0.25) is 0 Å². The van der Waals surface area contributed by atoms with E-state index in [2.05, 4.69) is 11.9 Å². The van der Waals surface area contributed by atoms with Gasteiger partial charge in [0.2, 0.25) is 0 Å². The Morgan fingerprint density at radius 3 is 2.67 bits per heavy atom. The lowest BCUT2D eigenvalue weighted by Crippen LogP contribution is -2.52. The van der Waals surface area contributed by atoms with E-state index in [0.29, 0.717) is 0 Å². The summed E-state index contributed by atoms with van der Waals surface area (Å²) >= 11 is 0. The highest BCUT2D eigenvalue weighted by Gasteiger charge is 2.46. The quantitative estimate of drug-likeness (QED) is 0.756. The number of methoxy groups -OCH3 is 1. The van der Waals surface area contributed by atoms with Crippen LogP contribution in [0.25, 0.3) is 0 Å². The van der Waals surface area contributed by atoms with Gasteiger partial charge in [-0.05, 0) is 51.6 Å². The summed E-state index contributed by atoms with van der Waals surface area (Å²) < 4.78 is 4.88. The lowest BCUT2D eigenvalue weighted by molar-refractivity contribution is -0.148. The molecule has 0 heterocycles. The Balaban J connectivity index is 1.85. The second-order valence-corrected chi connectivity index (χ2v) is 5.98. The van der Waals surface area contributed by atoms with Gasteiger partial charge >= 0.3 is 5.97 Å². The second-order valence-electron chi connectivity index (χ2n) is 5.98. The van der Waals surface area contributed by atoms with Crippen LogP contribution in [0.15, 0.2) is 0 Å². The molecule has 0 radical (unpaired) electrons. The minimum atomic E-state index is -0.727. The van der Waals surface area contributed by atoms with Gasteiger partial charge in [0.1, 0.15) is 5.54 Å². The third-order valence-electron chi connectivity index (χ3n) is 4.97. The van der Waals surface area contributed by atoms with Crippen LogP contribution in [0.4, 0.5) is 0 Å². The van der Waals surface area contributed by atoms with Crippen LogP contribution in [-0.4, -0.2) is 43.2 Å². The third kappa shape index (κ3) is 2.54. The lowest BCUT2D eigenvalue weighted by atomic mass is 9.85. The predicted molar refractivity (Wildman–Crippen MR) is 71.2 cm³/mol. The molecule has 0 amide bonds. The molecule has 2 aliphatic carbocycles. The molecular weight excluding hydrogens is 228 g/mol. The van der Waals surface area contributed by atoms with Crippen LogP contribution in [0.5, 0.6) is 0 Å². The second kappa shape index (κ2) is 5.57. The van der Waals surface area contributed by atoms with E-state index in [4.69, 9.17) is 10.5 Å². The van der Waals surface area contributed by atoms with Gasteiger partial charge in [0.05, 0.1) is 7.11 Å². The van der Waals surface area contributed by atoms with Crippen molar-refractivity contribution in [1.82, 2.24) is 4.90 Å². The molecule has 0 aromatic carbocycles. The van der Waals surface area contributed by atoms with Crippen LogP contribution in [-0.2, 0) is 9.53 Å². The molecule has 2 saturated carbocycles. The van der Waals surface area contributed by atoms with Crippen molar-refractivity contribution in [3.63, 3.8) is 0 Å². The van der Waals surface area contributed by atoms with Crippen molar-refractivity contribution in [3.8, 4) is 0 Å². The van der Waals surface area contributed by atoms with Crippen molar-refractivity contribution in [2.24, 2.45) is 11.7 Å². The largest absolute Gasteiger partial charge is 0.468 e. The molecule has 2 unspecified atom stereocenters. The molecule has 0 aromatic rings. The molecule has 2 fully saturated rings. The maximum absolute atomic E-state index is 11.8. The molecule has 104 valence electrons. The summed E-state index contributed by atoms with van der Waals surface area (Å²) in [7, 11) is 3.63. The van der Waals surface area contributed by atoms with E-state index >= 15 is 0 Å². The van der Waals surface area contributed by atoms with Crippen LogP contribution in [0, 0.1) is 5.92 Å². The lowest BCUT2D eigenvalue weighted by Gasteiger charge is -2.36. The smallest absolute Gasteiger partial charge is 0.326 e. The van der Waals surface area contributed by atoms with Gasteiger partial charge in [0.25, 0.3) is 0 Å². The Labute approximate surface area is 110 Å². The van der Waals surface area contributed by atoms with Crippen molar-refractivity contribution in [3.05, 3.63) is 0 Å². The Hall–Kier alpha value is -0.610.